The van der Waals surface area contributed by atoms with Gasteiger partial charge in [-0.25, -0.2) is 4.98 Å². The number of benzene rings is 7. The van der Waals surface area contributed by atoms with Crippen molar-refractivity contribution < 1.29 is 4.74 Å². The smallest absolute Gasteiger partial charge is 0.137 e. The fourth-order valence-corrected chi connectivity index (χ4v) is 9.81. The Morgan fingerprint density at radius 3 is 1.51 bits per heavy atom. The highest BCUT2D eigenvalue weighted by Crippen LogP contribution is 2.42. The zero-order chi connectivity index (χ0) is 48.3. The lowest BCUT2D eigenvalue weighted by atomic mass is 9.78. The molecule has 5 nitrogen and oxygen atoms in total. The molecule has 0 aliphatic carbocycles. The van der Waals surface area contributed by atoms with Crippen molar-refractivity contribution in [2.24, 2.45) is 0 Å². The minimum atomic E-state index is -0.249. The Morgan fingerprint density at radius 1 is 0.406 bits per heavy atom. The van der Waals surface area contributed by atoms with E-state index in [9.17, 15) is 0 Å². The summed E-state index contributed by atoms with van der Waals surface area (Å²) in [5.41, 5.74) is 13.8. The maximum atomic E-state index is 7.03. The van der Waals surface area contributed by atoms with E-state index in [1.165, 1.54) is 44.5 Å². The van der Waals surface area contributed by atoms with E-state index in [1.54, 1.807) is 0 Å². The van der Waals surface area contributed by atoms with Crippen LogP contribution < -0.4 is 14.5 Å². The molecule has 9 aromatic rings. The molecular formula is C64H64N4O. The summed E-state index contributed by atoms with van der Waals surface area (Å²) < 4.78 is 9.36. The number of anilines is 2. The van der Waals surface area contributed by atoms with Crippen molar-refractivity contribution >= 4 is 33.2 Å². The van der Waals surface area contributed by atoms with E-state index in [0.29, 0.717) is 6.67 Å². The Kier molecular flexibility index (Phi) is 11.4. The molecule has 1 aliphatic rings. The molecule has 7 aromatic carbocycles. The first-order valence-corrected chi connectivity index (χ1v) is 24.4. The number of hydrogen-bond acceptors (Lipinski definition) is 4. The molecule has 0 spiro atoms. The normalized spacial score (nSPS) is 13.5. The topological polar surface area (TPSA) is 33.5 Å². The fourth-order valence-electron chi connectivity index (χ4n) is 9.81. The SMILES string of the molecule is CC(C)(C)c1cc(N2C=CN(c3cc(Oc4ccc5c6ccc(C(C)(C)c7ccccc7)cc6n(-c6cc(C(C)(C)c7ccccc7)ccn6)c5c4)cc(-c4ccccc4)c3)C2)cc(C(C)(C)C)c1. The minimum absolute atomic E-state index is 0.0226. The van der Waals surface area contributed by atoms with Crippen LogP contribution in [0.15, 0.2) is 195 Å². The predicted molar refractivity (Wildman–Crippen MR) is 290 cm³/mol. The quantitative estimate of drug-likeness (QED) is 0.137. The Balaban J connectivity index is 1.07. The van der Waals surface area contributed by atoms with Crippen LogP contribution in [0.2, 0.25) is 0 Å². The summed E-state index contributed by atoms with van der Waals surface area (Å²) in [6, 6.07) is 63.7. The predicted octanol–water partition coefficient (Wildman–Crippen LogP) is 16.6. The summed E-state index contributed by atoms with van der Waals surface area (Å²) in [6.07, 6.45) is 6.35. The second kappa shape index (κ2) is 17.3. The molecule has 0 unspecified atom stereocenters. The molecule has 346 valence electrons. The third kappa shape index (κ3) is 8.83. The van der Waals surface area contributed by atoms with Gasteiger partial charge in [-0.2, -0.15) is 0 Å². The van der Waals surface area contributed by atoms with E-state index in [4.69, 9.17) is 9.72 Å². The summed E-state index contributed by atoms with van der Waals surface area (Å²) in [6.45, 7) is 23.7. The van der Waals surface area contributed by atoms with Crippen LogP contribution >= 0.6 is 0 Å². The van der Waals surface area contributed by atoms with Gasteiger partial charge >= 0.3 is 0 Å². The van der Waals surface area contributed by atoms with Crippen LogP contribution in [-0.4, -0.2) is 16.2 Å². The van der Waals surface area contributed by atoms with Crippen LogP contribution in [0.5, 0.6) is 11.5 Å². The van der Waals surface area contributed by atoms with Crippen LogP contribution in [0.3, 0.4) is 0 Å². The van der Waals surface area contributed by atoms with Crippen LogP contribution in [0.25, 0.3) is 38.8 Å². The minimum Gasteiger partial charge on any atom is -0.457 e. The number of hydrogen-bond donors (Lipinski definition) is 0. The standard InChI is InChI=1S/C64H64N4O/c1-61(2,3)50-36-51(62(4,5)6)38-53(37-50)67-33-32-66(43-67)52-34-45(44-20-14-11-15-21-44)35-55(41-52)69-54-27-29-57-56-28-26-48(63(7,8)46-22-16-12-17-23-46)39-58(56)68(59(57)42-54)60-40-49(30-31-65-60)64(9,10)47-24-18-13-19-25-47/h11-42H,43H2,1-10H3. The van der Waals surface area contributed by atoms with E-state index < -0.39 is 0 Å². The maximum Gasteiger partial charge on any atom is 0.137 e. The van der Waals surface area contributed by atoms with Gasteiger partial charge in [0.2, 0.25) is 0 Å². The summed E-state index contributed by atoms with van der Waals surface area (Å²) >= 11 is 0. The van der Waals surface area contributed by atoms with Crippen molar-refractivity contribution in [3.8, 4) is 28.4 Å². The van der Waals surface area contributed by atoms with Crippen molar-refractivity contribution in [1.29, 1.82) is 0 Å². The molecule has 69 heavy (non-hydrogen) atoms. The van der Waals surface area contributed by atoms with Crippen molar-refractivity contribution in [2.45, 2.75) is 90.9 Å². The van der Waals surface area contributed by atoms with Gasteiger partial charge in [-0.1, -0.05) is 178 Å². The number of fused-ring (bicyclic) bond motifs is 3. The molecule has 0 atom stereocenters. The van der Waals surface area contributed by atoms with Crippen LogP contribution in [0.1, 0.15) is 103 Å². The lowest BCUT2D eigenvalue weighted by Gasteiger charge is -2.29. The number of pyridine rings is 1. The average molecular weight is 905 g/mol. The van der Waals surface area contributed by atoms with Gasteiger partial charge in [-0.05, 0) is 110 Å². The van der Waals surface area contributed by atoms with Crippen molar-refractivity contribution in [2.75, 3.05) is 16.5 Å². The van der Waals surface area contributed by atoms with Gasteiger partial charge in [-0.3, -0.25) is 4.57 Å². The van der Waals surface area contributed by atoms with Gasteiger partial charge in [0.25, 0.3) is 0 Å². The summed E-state index contributed by atoms with van der Waals surface area (Å²) in [7, 11) is 0. The van der Waals surface area contributed by atoms with Gasteiger partial charge in [0.05, 0.1) is 17.7 Å². The first kappa shape index (κ1) is 45.4. The molecule has 10 rings (SSSR count). The molecule has 3 heterocycles. The largest absolute Gasteiger partial charge is 0.457 e. The lowest BCUT2D eigenvalue weighted by molar-refractivity contribution is 0.483. The van der Waals surface area contributed by atoms with Crippen molar-refractivity contribution in [1.82, 2.24) is 9.55 Å². The van der Waals surface area contributed by atoms with Gasteiger partial charge in [0.15, 0.2) is 0 Å². The molecule has 0 amide bonds. The molecule has 0 N–H and O–H groups in total. The molecule has 0 radical (unpaired) electrons. The molecule has 1 aliphatic heterocycles. The highest BCUT2D eigenvalue weighted by molar-refractivity contribution is 6.09. The lowest BCUT2D eigenvalue weighted by Crippen LogP contribution is -2.26. The van der Waals surface area contributed by atoms with E-state index in [1.807, 2.05) is 6.20 Å². The summed E-state index contributed by atoms with van der Waals surface area (Å²) in [4.78, 5) is 9.78. The van der Waals surface area contributed by atoms with E-state index in [0.717, 1.165) is 50.6 Å². The van der Waals surface area contributed by atoms with Crippen molar-refractivity contribution in [3.63, 3.8) is 0 Å². The third-order valence-corrected chi connectivity index (χ3v) is 14.4. The van der Waals surface area contributed by atoms with Gasteiger partial charge in [-0.15, -0.1) is 0 Å². The summed E-state index contributed by atoms with van der Waals surface area (Å²) in [5, 5.41) is 2.31. The van der Waals surface area contributed by atoms with Crippen molar-refractivity contribution in [3.05, 3.63) is 228 Å². The first-order chi connectivity index (χ1) is 32.9. The fraction of sp³-hybridized carbons (Fsp3) is 0.234. The molecule has 0 saturated carbocycles. The first-order valence-electron chi connectivity index (χ1n) is 24.4. The molecule has 0 fully saturated rings. The average Bonchev–Trinajstić information content (AvgIpc) is 3.98. The highest BCUT2D eigenvalue weighted by Gasteiger charge is 2.28. The maximum absolute atomic E-state index is 7.03. The van der Waals surface area contributed by atoms with E-state index >= 15 is 0 Å². The Labute approximate surface area is 409 Å². The zero-order valence-corrected chi connectivity index (χ0v) is 41.9. The monoisotopic (exact) mass is 905 g/mol. The summed E-state index contributed by atoms with van der Waals surface area (Å²) in [5.74, 6) is 2.38. The molecule has 0 saturated heterocycles. The number of nitrogens with zero attached hydrogens (tertiary/aromatic N) is 4. The second-order valence-electron chi connectivity index (χ2n) is 22.0. The third-order valence-electron chi connectivity index (χ3n) is 14.4. The van der Waals surface area contributed by atoms with Crippen LogP contribution in [-0.2, 0) is 21.7 Å². The number of rotatable bonds is 10. The van der Waals surface area contributed by atoms with Gasteiger partial charge in [0, 0.05) is 63.7 Å². The Bertz CT molecular complexity index is 3320. The molecule has 2 aromatic heterocycles. The van der Waals surface area contributed by atoms with E-state index in [2.05, 4.69) is 272 Å². The molecule has 5 heteroatoms. The number of aromatic nitrogens is 2. The molecule has 0 bridgehead atoms. The van der Waals surface area contributed by atoms with Gasteiger partial charge in [0.1, 0.15) is 17.3 Å². The Hall–Kier alpha value is -7.37. The van der Waals surface area contributed by atoms with Crippen LogP contribution in [0, 0.1) is 0 Å². The second-order valence-corrected chi connectivity index (χ2v) is 22.0. The van der Waals surface area contributed by atoms with Crippen LogP contribution in [0.4, 0.5) is 11.4 Å². The Morgan fingerprint density at radius 2 is 0.928 bits per heavy atom. The molecular weight excluding hydrogens is 841 g/mol. The highest BCUT2D eigenvalue weighted by atomic mass is 16.5. The number of ether oxygens (including phenoxy) is 1. The van der Waals surface area contributed by atoms with E-state index in [-0.39, 0.29) is 21.7 Å². The zero-order valence-electron chi connectivity index (χ0n) is 41.9. The van der Waals surface area contributed by atoms with Gasteiger partial charge < -0.3 is 14.5 Å².